The number of carbonyl (C=O) groups excluding carboxylic acids is 1. The van der Waals surface area contributed by atoms with E-state index in [-0.39, 0.29) is 11.9 Å². The molecule has 3 aromatic carbocycles. The van der Waals surface area contributed by atoms with Crippen LogP contribution in [0.5, 0.6) is 5.75 Å². The number of amides is 1. The van der Waals surface area contributed by atoms with Gasteiger partial charge in [0, 0.05) is 38.4 Å². The summed E-state index contributed by atoms with van der Waals surface area (Å²) >= 11 is 0. The standard InChI is InChI=1S/C29H34FN3O2/c1-3-32(4-2)26-16-12-23(13-17-26)21-33(20-18-22-10-14-25(30)15-11-22)29(34)35-27-9-5-7-24-8-6-19-31-28(24)27/h5,7,9-17,31H,3-4,6,8,18-21H2,1-2H3. The minimum atomic E-state index is -0.388. The zero-order chi connectivity index (χ0) is 24.6. The zero-order valence-corrected chi connectivity index (χ0v) is 20.6. The molecule has 1 aliphatic heterocycles. The molecule has 0 saturated heterocycles. The summed E-state index contributed by atoms with van der Waals surface area (Å²) in [7, 11) is 0. The molecule has 0 fully saturated rings. The molecule has 0 unspecified atom stereocenters. The highest BCUT2D eigenvalue weighted by molar-refractivity contribution is 5.75. The average molecular weight is 476 g/mol. The first-order chi connectivity index (χ1) is 17.1. The minimum absolute atomic E-state index is 0.264. The van der Waals surface area contributed by atoms with E-state index in [0.29, 0.717) is 25.3 Å². The van der Waals surface area contributed by atoms with E-state index in [1.54, 1.807) is 17.0 Å². The first-order valence-electron chi connectivity index (χ1n) is 12.5. The van der Waals surface area contributed by atoms with Crippen molar-refractivity contribution in [3.8, 4) is 5.75 Å². The lowest BCUT2D eigenvalue weighted by Gasteiger charge is -2.25. The minimum Gasteiger partial charge on any atom is -0.408 e. The molecule has 184 valence electrons. The summed E-state index contributed by atoms with van der Waals surface area (Å²) < 4.78 is 19.2. The third-order valence-electron chi connectivity index (χ3n) is 6.51. The smallest absolute Gasteiger partial charge is 0.408 e. The molecule has 0 saturated carbocycles. The molecule has 1 aliphatic rings. The number of carbonyl (C=O) groups is 1. The van der Waals surface area contributed by atoms with Crippen molar-refractivity contribution in [2.75, 3.05) is 36.4 Å². The Bertz CT molecular complexity index is 1110. The number of anilines is 2. The summed E-state index contributed by atoms with van der Waals surface area (Å²) in [6.45, 7) is 7.94. The summed E-state index contributed by atoms with van der Waals surface area (Å²) in [4.78, 5) is 17.4. The fourth-order valence-corrected chi connectivity index (χ4v) is 4.49. The summed E-state index contributed by atoms with van der Waals surface area (Å²) in [5, 5.41) is 3.38. The van der Waals surface area contributed by atoms with Crippen molar-refractivity contribution in [2.45, 2.75) is 39.7 Å². The topological polar surface area (TPSA) is 44.8 Å². The molecule has 3 aromatic rings. The summed E-state index contributed by atoms with van der Waals surface area (Å²) in [6, 6.07) is 20.6. The number of benzene rings is 3. The Hall–Kier alpha value is -3.54. The predicted octanol–water partition coefficient (Wildman–Crippen LogP) is 6.27. The fourth-order valence-electron chi connectivity index (χ4n) is 4.49. The van der Waals surface area contributed by atoms with Gasteiger partial charge in [-0.05, 0) is 80.1 Å². The molecule has 4 rings (SSSR count). The molecule has 1 N–H and O–H groups in total. The third kappa shape index (κ3) is 6.32. The summed E-state index contributed by atoms with van der Waals surface area (Å²) in [6.07, 6.45) is 2.26. The van der Waals surface area contributed by atoms with E-state index in [0.717, 1.165) is 49.3 Å². The van der Waals surface area contributed by atoms with Crippen LogP contribution >= 0.6 is 0 Å². The number of nitrogens with zero attached hydrogens (tertiary/aromatic N) is 2. The molecular formula is C29H34FN3O2. The van der Waals surface area contributed by atoms with Crippen molar-refractivity contribution in [1.29, 1.82) is 0 Å². The maximum atomic E-state index is 13.4. The van der Waals surface area contributed by atoms with E-state index in [1.807, 2.05) is 12.1 Å². The highest BCUT2D eigenvalue weighted by atomic mass is 19.1. The average Bonchev–Trinajstić information content (AvgIpc) is 2.89. The number of aryl methyl sites for hydroxylation is 1. The van der Waals surface area contributed by atoms with E-state index < -0.39 is 0 Å². The summed E-state index contributed by atoms with van der Waals surface area (Å²) in [5.41, 5.74) is 5.26. The van der Waals surface area contributed by atoms with Gasteiger partial charge < -0.3 is 19.9 Å². The van der Waals surface area contributed by atoms with Crippen LogP contribution in [0.1, 0.15) is 37.0 Å². The number of nitrogens with one attached hydrogen (secondary N) is 1. The molecular weight excluding hydrogens is 441 g/mol. The van der Waals surface area contributed by atoms with Gasteiger partial charge in [0.25, 0.3) is 0 Å². The molecule has 0 spiro atoms. The molecule has 35 heavy (non-hydrogen) atoms. The van der Waals surface area contributed by atoms with Crippen molar-refractivity contribution in [1.82, 2.24) is 4.90 Å². The Kier molecular flexibility index (Phi) is 8.24. The van der Waals surface area contributed by atoms with Crippen LogP contribution in [0.15, 0.2) is 66.7 Å². The van der Waals surface area contributed by atoms with Crippen LogP contribution in [0.25, 0.3) is 0 Å². The summed E-state index contributed by atoms with van der Waals surface area (Å²) in [5.74, 6) is 0.301. The van der Waals surface area contributed by atoms with Gasteiger partial charge in [-0.25, -0.2) is 9.18 Å². The lowest BCUT2D eigenvalue weighted by Crippen LogP contribution is -2.35. The lowest BCUT2D eigenvalue weighted by molar-refractivity contribution is 0.150. The molecule has 1 heterocycles. The van der Waals surface area contributed by atoms with Crippen molar-refractivity contribution >= 4 is 17.5 Å². The zero-order valence-electron chi connectivity index (χ0n) is 20.6. The van der Waals surface area contributed by atoms with E-state index >= 15 is 0 Å². The normalized spacial score (nSPS) is 12.4. The highest BCUT2D eigenvalue weighted by Crippen LogP contribution is 2.32. The van der Waals surface area contributed by atoms with Crippen LogP contribution in [-0.4, -0.2) is 37.2 Å². The molecule has 0 radical (unpaired) electrons. The van der Waals surface area contributed by atoms with Crippen LogP contribution in [0.4, 0.5) is 20.6 Å². The Morgan fingerprint density at radius 2 is 1.69 bits per heavy atom. The molecule has 1 amide bonds. The molecule has 0 bridgehead atoms. The van der Waals surface area contributed by atoms with Gasteiger partial charge >= 0.3 is 6.09 Å². The second kappa shape index (κ2) is 11.7. The Balaban J connectivity index is 1.51. The van der Waals surface area contributed by atoms with Gasteiger partial charge in [-0.1, -0.05) is 36.4 Å². The third-order valence-corrected chi connectivity index (χ3v) is 6.51. The number of halogens is 1. The van der Waals surface area contributed by atoms with E-state index in [4.69, 9.17) is 4.74 Å². The van der Waals surface area contributed by atoms with Crippen molar-refractivity contribution in [3.63, 3.8) is 0 Å². The first kappa shape index (κ1) is 24.6. The predicted molar refractivity (Wildman–Crippen MR) is 140 cm³/mol. The molecule has 5 nitrogen and oxygen atoms in total. The van der Waals surface area contributed by atoms with E-state index in [1.165, 1.54) is 23.4 Å². The van der Waals surface area contributed by atoms with Crippen molar-refractivity contribution < 1.29 is 13.9 Å². The lowest BCUT2D eigenvalue weighted by atomic mass is 10.0. The van der Waals surface area contributed by atoms with E-state index in [2.05, 4.69) is 54.4 Å². The fraction of sp³-hybridized carbons (Fsp3) is 0.345. The van der Waals surface area contributed by atoms with Crippen LogP contribution in [0.2, 0.25) is 0 Å². The van der Waals surface area contributed by atoms with Gasteiger partial charge in [-0.3, -0.25) is 0 Å². The second-order valence-electron chi connectivity index (χ2n) is 8.83. The van der Waals surface area contributed by atoms with E-state index in [9.17, 15) is 9.18 Å². The van der Waals surface area contributed by atoms with Crippen molar-refractivity contribution in [3.05, 3.63) is 89.2 Å². The number of para-hydroxylation sites is 1. The maximum absolute atomic E-state index is 13.4. The molecule has 0 aliphatic carbocycles. The van der Waals surface area contributed by atoms with Crippen LogP contribution in [0, 0.1) is 5.82 Å². The number of ether oxygens (including phenoxy) is 1. The Labute approximate surface area is 207 Å². The number of hydrogen-bond acceptors (Lipinski definition) is 4. The van der Waals surface area contributed by atoms with Crippen LogP contribution < -0.4 is 15.0 Å². The van der Waals surface area contributed by atoms with Gasteiger partial charge in [-0.15, -0.1) is 0 Å². The van der Waals surface area contributed by atoms with Gasteiger partial charge in [0.2, 0.25) is 0 Å². The quantitative estimate of drug-likeness (QED) is 0.396. The number of fused-ring (bicyclic) bond motifs is 1. The Morgan fingerprint density at radius 1 is 0.971 bits per heavy atom. The maximum Gasteiger partial charge on any atom is 0.415 e. The van der Waals surface area contributed by atoms with Crippen molar-refractivity contribution in [2.24, 2.45) is 0 Å². The van der Waals surface area contributed by atoms with Gasteiger partial charge in [0.1, 0.15) is 5.82 Å². The van der Waals surface area contributed by atoms with Crippen LogP contribution in [0.3, 0.4) is 0 Å². The Morgan fingerprint density at radius 3 is 2.40 bits per heavy atom. The molecule has 0 aromatic heterocycles. The van der Waals surface area contributed by atoms with Crippen LogP contribution in [-0.2, 0) is 19.4 Å². The first-order valence-corrected chi connectivity index (χ1v) is 12.5. The van der Waals surface area contributed by atoms with Gasteiger partial charge in [0.15, 0.2) is 5.75 Å². The van der Waals surface area contributed by atoms with Gasteiger partial charge in [0.05, 0.1) is 5.69 Å². The molecule has 6 heteroatoms. The monoisotopic (exact) mass is 475 g/mol. The molecule has 0 atom stereocenters. The SMILES string of the molecule is CCN(CC)c1ccc(CN(CCc2ccc(F)cc2)C(=O)Oc2cccc3c2NCCC3)cc1. The number of rotatable bonds is 9. The largest absolute Gasteiger partial charge is 0.415 e. The number of hydrogen-bond donors (Lipinski definition) is 1. The van der Waals surface area contributed by atoms with Gasteiger partial charge in [-0.2, -0.15) is 0 Å². The second-order valence-corrected chi connectivity index (χ2v) is 8.83. The highest BCUT2D eigenvalue weighted by Gasteiger charge is 2.21.